The molecule has 0 amide bonds. The highest BCUT2D eigenvalue weighted by atomic mass is 16.6. The SMILES string of the molecule is CCC(=O)OC[C@@H]1CC[C@](C#N)(c2ccc3c(N)ncnn23)O1. The lowest BCUT2D eigenvalue weighted by molar-refractivity contribution is -0.148. The lowest BCUT2D eigenvalue weighted by Gasteiger charge is -2.21. The molecule has 0 aliphatic carbocycles. The molecule has 1 aliphatic heterocycles. The predicted octanol–water partition coefficient (Wildman–Crippen LogP) is 1.16. The van der Waals surface area contributed by atoms with E-state index in [0.717, 1.165) is 0 Å². The molecule has 3 rings (SSSR count). The molecule has 0 unspecified atom stereocenters. The van der Waals surface area contributed by atoms with Gasteiger partial charge in [-0.15, -0.1) is 0 Å². The van der Waals surface area contributed by atoms with Crippen molar-refractivity contribution >= 4 is 17.3 Å². The highest BCUT2D eigenvalue weighted by molar-refractivity contribution is 5.68. The minimum absolute atomic E-state index is 0.149. The fourth-order valence-electron chi connectivity index (χ4n) is 2.76. The van der Waals surface area contributed by atoms with Crippen LogP contribution in [0.15, 0.2) is 18.5 Å². The highest BCUT2D eigenvalue weighted by Gasteiger charge is 2.44. The van der Waals surface area contributed by atoms with Crippen molar-refractivity contribution in [3.05, 3.63) is 24.2 Å². The zero-order chi connectivity index (χ0) is 16.4. The van der Waals surface area contributed by atoms with Crippen molar-refractivity contribution in [1.82, 2.24) is 14.6 Å². The van der Waals surface area contributed by atoms with Crippen LogP contribution in [0.4, 0.5) is 5.82 Å². The zero-order valence-electron chi connectivity index (χ0n) is 12.7. The van der Waals surface area contributed by atoms with Gasteiger partial charge >= 0.3 is 5.97 Å². The molecule has 2 N–H and O–H groups in total. The van der Waals surface area contributed by atoms with Gasteiger partial charge in [-0.1, -0.05) is 6.92 Å². The summed E-state index contributed by atoms with van der Waals surface area (Å²) in [5.41, 5.74) is 5.93. The summed E-state index contributed by atoms with van der Waals surface area (Å²) < 4.78 is 12.6. The number of fused-ring (bicyclic) bond motifs is 1. The van der Waals surface area contributed by atoms with E-state index in [-0.39, 0.29) is 18.7 Å². The number of anilines is 1. The Morgan fingerprint density at radius 2 is 2.48 bits per heavy atom. The number of nitrogens with zero attached hydrogens (tertiary/aromatic N) is 4. The van der Waals surface area contributed by atoms with E-state index in [1.165, 1.54) is 6.33 Å². The molecule has 120 valence electrons. The summed E-state index contributed by atoms with van der Waals surface area (Å²) in [7, 11) is 0. The molecule has 1 saturated heterocycles. The maximum atomic E-state index is 11.3. The van der Waals surface area contributed by atoms with Crippen LogP contribution < -0.4 is 5.73 Å². The van der Waals surface area contributed by atoms with Crippen molar-refractivity contribution < 1.29 is 14.3 Å². The third-order valence-electron chi connectivity index (χ3n) is 3.98. The Labute approximate surface area is 132 Å². The van der Waals surface area contributed by atoms with Gasteiger partial charge in [-0.25, -0.2) is 9.50 Å². The molecule has 0 radical (unpaired) electrons. The molecule has 1 aliphatic rings. The second-order valence-electron chi connectivity index (χ2n) is 5.41. The zero-order valence-corrected chi connectivity index (χ0v) is 12.7. The molecule has 3 heterocycles. The largest absolute Gasteiger partial charge is 0.463 e. The Hall–Kier alpha value is -2.66. The molecule has 0 saturated carbocycles. The van der Waals surface area contributed by atoms with Gasteiger partial charge in [0.2, 0.25) is 0 Å². The van der Waals surface area contributed by atoms with Crippen LogP contribution in [0.3, 0.4) is 0 Å². The number of hydrogen-bond acceptors (Lipinski definition) is 7. The van der Waals surface area contributed by atoms with Crippen LogP contribution in [0.25, 0.3) is 5.52 Å². The minimum atomic E-state index is -1.13. The molecular weight excluding hydrogens is 298 g/mol. The van der Waals surface area contributed by atoms with Crippen LogP contribution in [0, 0.1) is 11.3 Å². The van der Waals surface area contributed by atoms with Crippen molar-refractivity contribution in [3.63, 3.8) is 0 Å². The summed E-state index contributed by atoms with van der Waals surface area (Å²) in [6.07, 6.45) is 2.46. The van der Waals surface area contributed by atoms with Crippen LogP contribution in [-0.4, -0.2) is 33.3 Å². The van der Waals surface area contributed by atoms with E-state index in [2.05, 4.69) is 16.2 Å². The maximum absolute atomic E-state index is 11.3. The van der Waals surface area contributed by atoms with Gasteiger partial charge < -0.3 is 15.2 Å². The first-order valence-corrected chi connectivity index (χ1v) is 7.43. The number of aromatic nitrogens is 3. The number of carbonyl (C=O) groups excluding carboxylic acids is 1. The molecule has 0 bridgehead atoms. The van der Waals surface area contributed by atoms with Gasteiger partial charge in [0.15, 0.2) is 11.4 Å². The number of rotatable bonds is 4. The Morgan fingerprint density at radius 1 is 1.65 bits per heavy atom. The van der Waals surface area contributed by atoms with Gasteiger partial charge in [0.05, 0.1) is 11.8 Å². The van der Waals surface area contributed by atoms with Crippen LogP contribution in [0.2, 0.25) is 0 Å². The van der Waals surface area contributed by atoms with Crippen LogP contribution in [0.1, 0.15) is 31.9 Å². The Morgan fingerprint density at radius 3 is 3.22 bits per heavy atom. The maximum Gasteiger partial charge on any atom is 0.305 e. The fourth-order valence-corrected chi connectivity index (χ4v) is 2.76. The first kappa shape index (κ1) is 15.2. The summed E-state index contributed by atoms with van der Waals surface area (Å²) in [5, 5.41) is 13.8. The second kappa shape index (κ2) is 5.85. The average Bonchev–Trinajstić information content (AvgIpc) is 3.18. The molecule has 0 aromatic carbocycles. The first-order chi connectivity index (χ1) is 11.1. The van der Waals surface area contributed by atoms with Gasteiger partial charge in [-0.3, -0.25) is 4.79 Å². The third kappa shape index (κ3) is 2.59. The number of ether oxygens (including phenoxy) is 2. The lowest BCUT2D eigenvalue weighted by Crippen LogP contribution is -2.28. The number of nitrogen functional groups attached to an aromatic ring is 1. The summed E-state index contributed by atoms with van der Waals surface area (Å²) in [6.45, 7) is 1.88. The van der Waals surface area contributed by atoms with Gasteiger partial charge in [-0.05, 0) is 25.0 Å². The molecule has 2 aromatic heterocycles. The lowest BCUT2D eigenvalue weighted by atomic mass is 9.98. The molecule has 23 heavy (non-hydrogen) atoms. The Bertz CT molecular complexity index is 781. The molecule has 2 aromatic rings. The predicted molar refractivity (Wildman–Crippen MR) is 80.0 cm³/mol. The first-order valence-electron chi connectivity index (χ1n) is 7.43. The number of hydrogen-bond donors (Lipinski definition) is 1. The van der Waals surface area contributed by atoms with Crippen LogP contribution in [-0.2, 0) is 19.9 Å². The molecule has 8 heteroatoms. The molecule has 0 spiro atoms. The summed E-state index contributed by atoms with van der Waals surface area (Å²) in [6, 6.07) is 5.77. The topological polar surface area (TPSA) is 116 Å². The summed E-state index contributed by atoms with van der Waals surface area (Å²) in [4.78, 5) is 15.2. The Kier molecular flexibility index (Phi) is 3.88. The summed E-state index contributed by atoms with van der Waals surface area (Å²) in [5.74, 6) is 0.0578. The molecule has 8 nitrogen and oxygen atoms in total. The highest BCUT2D eigenvalue weighted by Crippen LogP contribution is 2.39. The van der Waals surface area contributed by atoms with Crippen molar-refractivity contribution in [2.75, 3.05) is 12.3 Å². The minimum Gasteiger partial charge on any atom is -0.463 e. The van der Waals surface area contributed by atoms with Gasteiger partial charge in [0, 0.05) is 6.42 Å². The van der Waals surface area contributed by atoms with Crippen molar-refractivity contribution in [2.24, 2.45) is 0 Å². The van der Waals surface area contributed by atoms with Gasteiger partial charge in [-0.2, -0.15) is 10.4 Å². The Balaban J connectivity index is 1.86. The van der Waals surface area contributed by atoms with Crippen LogP contribution >= 0.6 is 0 Å². The van der Waals surface area contributed by atoms with E-state index in [4.69, 9.17) is 15.2 Å². The van der Waals surface area contributed by atoms with E-state index < -0.39 is 5.60 Å². The van der Waals surface area contributed by atoms with Gasteiger partial charge in [0.25, 0.3) is 0 Å². The normalized spacial score (nSPS) is 23.7. The fraction of sp³-hybridized carbons (Fsp3) is 0.467. The molecular formula is C15H17N5O3. The van der Waals surface area contributed by atoms with Gasteiger partial charge in [0.1, 0.15) is 24.5 Å². The number of esters is 1. The van der Waals surface area contributed by atoms with Crippen molar-refractivity contribution in [3.8, 4) is 6.07 Å². The third-order valence-corrected chi connectivity index (χ3v) is 3.98. The second-order valence-corrected chi connectivity index (χ2v) is 5.41. The standard InChI is InChI=1S/C15H17N5O3/c1-2-13(21)22-7-10-5-6-15(8-16,23-10)12-4-3-11-14(17)18-9-19-20(11)12/h3-4,9-10H,2,5-7H2,1H3,(H2,17,18,19)/t10-,15-/m0/s1. The van der Waals surface area contributed by atoms with Crippen molar-refractivity contribution in [1.29, 1.82) is 5.26 Å². The van der Waals surface area contributed by atoms with E-state index >= 15 is 0 Å². The monoisotopic (exact) mass is 315 g/mol. The quantitative estimate of drug-likeness (QED) is 0.842. The van der Waals surface area contributed by atoms with Crippen LogP contribution in [0.5, 0.6) is 0 Å². The molecule has 2 atom stereocenters. The number of nitriles is 1. The van der Waals surface area contributed by atoms with E-state index in [1.807, 2.05) is 0 Å². The number of nitrogens with two attached hydrogens (primary N) is 1. The smallest absolute Gasteiger partial charge is 0.305 e. The molecule has 1 fully saturated rings. The van der Waals surface area contributed by atoms with Crippen molar-refractivity contribution in [2.45, 2.75) is 37.9 Å². The van der Waals surface area contributed by atoms with E-state index in [1.54, 1.807) is 23.6 Å². The summed E-state index contributed by atoms with van der Waals surface area (Å²) >= 11 is 0. The number of carbonyl (C=O) groups is 1. The average molecular weight is 315 g/mol. The van der Waals surface area contributed by atoms with E-state index in [9.17, 15) is 10.1 Å². The van der Waals surface area contributed by atoms with E-state index in [0.29, 0.717) is 36.3 Å².